The summed E-state index contributed by atoms with van der Waals surface area (Å²) < 4.78 is 4.56. The third-order valence-electron chi connectivity index (χ3n) is 9.42. The fourth-order valence-electron chi connectivity index (χ4n) is 7.34. The van der Waals surface area contributed by atoms with Gasteiger partial charge in [0.15, 0.2) is 0 Å². The van der Waals surface area contributed by atoms with E-state index in [1.165, 1.54) is 21.5 Å². The van der Waals surface area contributed by atoms with Crippen LogP contribution in [-0.4, -0.2) is 9.13 Å². The summed E-state index contributed by atoms with van der Waals surface area (Å²) in [6.07, 6.45) is 0. The molecule has 0 aliphatic heterocycles. The number of nitriles is 2. The number of benzene rings is 7. The highest BCUT2D eigenvalue weighted by Gasteiger charge is 2.20. The van der Waals surface area contributed by atoms with Crippen LogP contribution >= 0.6 is 0 Å². The van der Waals surface area contributed by atoms with Crippen LogP contribution in [0.5, 0.6) is 0 Å². The van der Waals surface area contributed by atoms with E-state index in [4.69, 9.17) is 0 Å². The van der Waals surface area contributed by atoms with Gasteiger partial charge < -0.3 is 9.13 Å². The number of rotatable bonds is 4. The van der Waals surface area contributed by atoms with Gasteiger partial charge >= 0.3 is 0 Å². The van der Waals surface area contributed by atoms with Crippen molar-refractivity contribution in [1.29, 1.82) is 10.5 Å². The summed E-state index contributed by atoms with van der Waals surface area (Å²) in [5, 5.41) is 25.2. The van der Waals surface area contributed by atoms with Crippen molar-refractivity contribution in [2.24, 2.45) is 0 Å². The molecule has 9 aromatic rings. The fraction of sp³-hybridized carbons (Fsp3) is 0. The molecule has 0 saturated heterocycles. The molecule has 0 spiro atoms. The lowest BCUT2D eigenvalue weighted by Gasteiger charge is -2.18. The molecule has 9 rings (SSSR count). The largest absolute Gasteiger partial charge is 0.309 e. The summed E-state index contributed by atoms with van der Waals surface area (Å²) in [6.45, 7) is 0. The highest BCUT2D eigenvalue weighted by atomic mass is 15.0. The summed E-state index contributed by atoms with van der Waals surface area (Å²) in [6, 6.07) is 58.8. The number of aromatic nitrogens is 2. The molecule has 0 amide bonds. The van der Waals surface area contributed by atoms with E-state index >= 15 is 0 Å². The molecule has 48 heavy (non-hydrogen) atoms. The van der Waals surface area contributed by atoms with E-state index in [1.807, 2.05) is 42.5 Å². The number of hydrogen-bond donors (Lipinski definition) is 0. The summed E-state index contributed by atoms with van der Waals surface area (Å²) in [4.78, 5) is 0. The van der Waals surface area contributed by atoms with Gasteiger partial charge in [-0.3, -0.25) is 0 Å². The van der Waals surface area contributed by atoms with Crippen molar-refractivity contribution < 1.29 is 0 Å². The van der Waals surface area contributed by atoms with Crippen LogP contribution in [-0.2, 0) is 0 Å². The van der Waals surface area contributed by atoms with Gasteiger partial charge in [0.05, 0.1) is 51.0 Å². The van der Waals surface area contributed by atoms with Crippen molar-refractivity contribution in [1.82, 2.24) is 9.13 Å². The normalized spacial score (nSPS) is 11.3. The molecule has 2 heterocycles. The van der Waals surface area contributed by atoms with Crippen molar-refractivity contribution in [2.75, 3.05) is 0 Å². The third-order valence-corrected chi connectivity index (χ3v) is 9.42. The molecular weight excluding hydrogens is 585 g/mol. The van der Waals surface area contributed by atoms with E-state index in [-0.39, 0.29) is 0 Å². The molecule has 2 aromatic heterocycles. The Kier molecular flexibility index (Phi) is 6.22. The molecule has 0 bridgehead atoms. The first-order valence-electron chi connectivity index (χ1n) is 15.9. The molecule has 0 aliphatic rings. The predicted octanol–water partition coefficient (Wildman–Crippen LogP) is 11.0. The molecule has 0 unspecified atom stereocenters. The maximum absolute atomic E-state index is 10.4. The minimum Gasteiger partial charge on any atom is -0.309 e. The molecule has 0 saturated carbocycles. The average molecular weight is 611 g/mol. The second-order valence-electron chi connectivity index (χ2n) is 12.0. The Balaban J connectivity index is 1.32. The maximum Gasteiger partial charge on any atom is 0.0998 e. The molecule has 4 nitrogen and oxygen atoms in total. The lowest BCUT2D eigenvalue weighted by Crippen LogP contribution is -2.00. The highest BCUT2D eigenvalue weighted by Crippen LogP contribution is 2.42. The van der Waals surface area contributed by atoms with Crippen molar-refractivity contribution in [3.8, 4) is 45.8 Å². The van der Waals surface area contributed by atoms with Crippen molar-refractivity contribution in [2.45, 2.75) is 0 Å². The van der Waals surface area contributed by atoms with Crippen molar-refractivity contribution in [3.63, 3.8) is 0 Å². The van der Waals surface area contributed by atoms with Gasteiger partial charge in [-0.15, -0.1) is 0 Å². The van der Waals surface area contributed by atoms with Crippen molar-refractivity contribution in [3.05, 3.63) is 169 Å². The second kappa shape index (κ2) is 10.9. The summed E-state index contributed by atoms with van der Waals surface area (Å²) in [5.74, 6) is 0. The first-order valence-corrected chi connectivity index (χ1v) is 15.9. The van der Waals surface area contributed by atoms with Gasteiger partial charge in [-0.25, -0.2) is 0 Å². The molecular formula is C44H26N4. The van der Waals surface area contributed by atoms with Crippen LogP contribution in [0.3, 0.4) is 0 Å². The Hall–Kier alpha value is -6.88. The Bertz CT molecular complexity index is 2710. The van der Waals surface area contributed by atoms with Crippen LogP contribution in [0.1, 0.15) is 11.1 Å². The molecule has 0 atom stereocenters. The molecule has 0 N–H and O–H groups in total. The highest BCUT2D eigenvalue weighted by molar-refractivity contribution is 6.11. The molecule has 0 aliphatic carbocycles. The number of fused-ring (bicyclic) bond motifs is 6. The van der Waals surface area contributed by atoms with Crippen LogP contribution in [0.4, 0.5) is 0 Å². The smallest absolute Gasteiger partial charge is 0.0998 e. The minimum absolute atomic E-state index is 0.573. The van der Waals surface area contributed by atoms with Crippen LogP contribution in [0.25, 0.3) is 77.2 Å². The molecule has 4 heteroatoms. The topological polar surface area (TPSA) is 57.4 Å². The second-order valence-corrected chi connectivity index (χ2v) is 12.0. The van der Waals surface area contributed by atoms with Gasteiger partial charge in [-0.2, -0.15) is 10.5 Å². The first kappa shape index (κ1) is 27.4. The van der Waals surface area contributed by atoms with E-state index in [2.05, 4.69) is 137 Å². The Morgan fingerprint density at radius 3 is 1.38 bits per heavy atom. The number of hydrogen-bond acceptors (Lipinski definition) is 2. The van der Waals surface area contributed by atoms with Gasteiger partial charge in [-0.05, 0) is 71.8 Å². The monoisotopic (exact) mass is 610 g/mol. The van der Waals surface area contributed by atoms with E-state index in [9.17, 15) is 10.5 Å². The van der Waals surface area contributed by atoms with Gasteiger partial charge in [-0.1, -0.05) is 97.1 Å². The summed E-state index contributed by atoms with van der Waals surface area (Å²) in [7, 11) is 0. The Labute approximate surface area is 277 Å². The lowest BCUT2D eigenvalue weighted by atomic mass is 9.90. The van der Waals surface area contributed by atoms with Crippen LogP contribution < -0.4 is 0 Å². The van der Waals surface area contributed by atoms with Crippen molar-refractivity contribution >= 4 is 43.6 Å². The van der Waals surface area contributed by atoms with E-state index < -0.39 is 0 Å². The maximum atomic E-state index is 10.4. The van der Waals surface area contributed by atoms with Crippen LogP contribution in [0, 0.1) is 22.7 Å². The van der Waals surface area contributed by atoms with Gasteiger partial charge in [0.1, 0.15) is 0 Å². The first-order chi connectivity index (χ1) is 23.7. The lowest BCUT2D eigenvalue weighted by molar-refractivity contribution is 1.18. The minimum atomic E-state index is 0.573. The molecule has 7 aromatic carbocycles. The zero-order valence-corrected chi connectivity index (χ0v) is 25.8. The SMILES string of the molecule is N#Cc1ccc(-n2c3ccccc3c3ccccc32)c(-c2ccccc2-c2cc(-n3c4ccccc4c4ccccc43)ccc2C#N)c1. The molecule has 222 valence electrons. The Morgan fingerprint density at radius 1 is 0.375 bits per heavy atom. The van der Waals surface area contributed by atoms with E-state index in [1.54, 1.807) is 0 Å². The quantitative estimate of drug-likeness (QED) is 0.199. The summed E-state index contributed by atoms with van der Waals surface area (Å²) in [5.41, 5.74) is 11.1. The van der Waals surface area contributed by atoms with E-state index in [0.717, 1.165) is 55.7 Å². The molecule has 0 radical (unpaired) electrons. The number of nitrogens with zero attached hydrogens (tertiary/aromatic N) is 4. The Morgan fingerprint density at radius 2 is 0.854 bits per heavy atom. The van der Waals surface area contributed by atoms with Gasteiger partial charge in [0, 0.05) is 38.4 Å². The van der Waals surface area contributed by atoms with Gasteiger partial charge in [0.2, 0.25) is 0 Å². The third kappa shape index (κ3) is 4.07. The van der Waals surface area contributed by atoms with Crippen LogP contribution in [0.15, 0.2) is 158 Å². The average Bonchev–Trinajstić information content (AvgIpc) is 3.67. The number of para-hydroxylation sites is 4. The standard InChI is InChI=1S/C44H26N4/c45-27-29-21-24-44(48-42-19-9-5-15-36(42)37-16-6-10-20-43(37)48)39(25-29)33-12-2-1-11-32(33)38-26-31(23-22-30(38)28-46)47-40-17-7-3-13-34(40)35-14-4-8-18-41(35)47/h1-26H. The zero-order chi connectivity index (χ0) is 32.2. The summed E-state index contributed by atoms with van der Waals surface area (Å²) >= 11 is 0. The van der Waals surface area contributed by atoms with Crippen LogP contribution in [0.2, 0.25) is 0 Å². The fourth-order valence-corrected chi connectivity index (χ4v) is 7.34. The zero-order valence-electron chi connectivity index (χ0n) is 25.8. The van der Waals surface area contributed by atoms with Gasteiger partial charge in [0.25, 0.3) is 0 Å². The predicted molar refractivity (Wildman–Crippen MR) is 195 cm³/mol. The molecule has 0 fully saturated rings. The van der Waals surface area contributed by atoms with E-state index in [0.29, 0.717) is 11.1 Å².